The molecule has 0 aliphatic carbocycles. The maximum atomic E-state index is 4.49. The van der Waals surface area contributed by atoms with Crippen molar-refractivity contribution in [1.82, 2.24) is 30.3 Å². The van der Waals surface area contributed by atoms with Gasteiger partial charge in [-0.05, 0) is 24.6 Å². The lowest BCUT2D eigenvalue weighted by molar-refractivity contribution is 0.545. The highest BCUT2D eigenvalue weighted by Gasteiger charge is 2.10. The average molecular weight is 288 g/mol. The van der Waals surface area contributed by atoms with Gasteiger partial charge in [0, 0.05) is 19.4 Å². The average Bonchev–Trinajstić information content (AvgIpc) is 2.91. The van der Waals surface area contributed by atoms with Gasteiger partial charge in [-0.1, -0.05) is 27.7 Å². The van der Waals surface area contributed by atoms with Crippen LogP contribution in [0, 0.1) is 5.92 Å². The summed E-state index contributed by atoms with van der Waals surface area (Å²) in [4.78, 5) is 4.49. The molecule has 0 saturated heterocycles. The van der Waals surface area contributed by atoms with E-state index >= 15 is 0 Å². The molecule has 0 spiro atoms. The standard InChI is InChI=1S/C15H24N6/c1-5-13-17-14(6-2)21(20-13)15-8-7-12(18-19-15)10-16-9-11(3)4/h7-8,11,16H,5-6,9-10H2,1-4H3. The van der Waals surface area contributed by atoms with E-state index in [2.05, 4.69) is 46.4 Å². The van der Waals surface area contributed by atoms with E-state index in [1.807, 2.05) is 19.1 Å². The van der Waals surface area contributed by atoms with Crippen LogP contribution in [0.5, 0.6) is 0 Å². The van der Waals surface area contributed by atoms with Crippen molar-refractivity contribution < 1.29 is 0 Å². The van der Waals surface area contributed by atoms with Crippen molar-refractivity contribution in [3.05, 3.63) is 29.5 Å². The first-order valence-electron chi connectivity index (χ1n) is 7.62. The summed E-state index contributed by atoms with van der Waals surface area (Å²) in [7, 11) is 0. The summed E-state index contributed by atoms with van der Waals surface area (Å²) in [6.07, 6.45) is 1.65. The third kappa shape index (κ3) is 4.07. The van der Waals surface area contributed by atoms with Gasteiger partial charge in [0.1, 0.15) is 5.82 Å². The summed E-state index contributed by atoms with van der Waals surface area (Å²) < 4.78 is 1.79. The molecule has 0 atom stereocenters. The number of hydrogen-bond donors (Lipinski definition) is 1. The molecule has 1 N–H and O–H groups in total. The van der Waals surface area contributed by atoms with Crippen molar-refractivity contribution in [1.29, 1.82) is 0 Å². The van der Waals surface area contributed by atoms with Gasteiger partial charge in [-0.25, -0.2) is 4.98 Å². The first-order chi connectivity index (χ1) is 10.1. The molecular formula is C15H24N6. The van der Waals surface area contributed by atoms with Crippen molar-refractivity contribution in [2.45, 2.75) is 47.1 Å². The fraction of sp³-hybridized carbons (Fsp3) is 0.600. The largest absolute Gasteiger partial charge is 0.311 e. The number of aromatic nitrogens is 5. The van der Waals surface area contributed by atoms with Crippen LogP contribution in [-0.4, -0.2) is 31.5 Å². The van der Waals surface area contributed by atoms with Gasteiger partial charge >= 0.3 is 0 Å². The molecule has 0 fully saturated rings. The highest BCUT2D eigenvalue weighted by Crippen LogP contribution is 2.08. The zero-order valence-electron chi connectivity index (χ0n) is 13.3. The minimum absolute atomic E-state index is 0.631. The minimum atomic E-state index is 0.631. The molecule has 0 bridgehead atoms. The molecular weight excluding hydrogens is 264 g/mol. The van der Waals surface area contributed by atoms with Crippen LogP contribution in [0.1, 0.15) is 45.0 Å². The second-order valence-electron chi connectivity index (χ2n) is 5.47. The zero-order valence-corrected chi connectivity index (χ0v) is 13.3. The predicted octanol–water partition coefficient (Wildman–Crippen LogP) is 1.93. The first-order valence-corrected chi connectivity index (χ1v) is 7.62. The molecule has 21 heavy (non-hydrogen) atoms. The Hall–Kier alpha value is -1.82. The van der Waals surface area contributed by atoms with Crippen LogP contribution in [0.2, 0.25) is 0 Å². The Kier molecular flexibility index (Phi) is 5.38. The number of aryl methyl sites for hydroxylation is 2. The van der Waals surface area contributed by atoms with Crippen LogP contribution in [0.4, 0.5) is 0 Å². The number of nitrogens with zero attached hydrogens (tertiary/aromatic N) is 5. The van der Waals surface area contributed by atoms with Crippen molar-refractivity contribution >= 4 is 0 Å². The molecule has 0 unspecified atom stereocenters. The second-order valence-corrected chi connectivity index (χ2v) is 5.47. The first kappa shape index (κ1) is 15.6. The molecule has 0 radical (unpaired) electrons. The van der Waals surface area contributed by atoms with E-state index in [4.69, 9.17) is 0 Å². The molecule has 114 valence electrons. The molecule has 2 aromatic heterocycles. The lowest BCUT2D eigenvalue weighted by Crippen LogP contribution is -2.20. The van der Waals surface area contributed by atoms with E-state index in [0.717, 1.165) is 49.1 Å². The molecule has 6 heteroatoms. The highest BCUT2D eigenvalue weighted by atomic mass is 15.4. The Morgan fingerprint density at radius 1 is 1.14 bits per heavy atom. The molecule has 0 aromatic carbocycles. The monoisotopic (exact) mass is 288 g/mol. The van der Waals surface area contributed by atoms with Gasteiger partial charge in [-0.15, -0.1) is 10.2 Å². The Bertz CT molecular complexity index is 558. The van der Waals surface area contributed by atoms with Gasteiger partial charge in [-0.2, -0.15) is 9.78 Å². The summed E-state index contributed by atoms with van der Waals surface area (Å²) in [5, 5.41) is 16.4. The topological polar surface area (TPSA) is 68.5 Å². The van der Waals surface area contributed by atoms with Crippen molar-refractivity contribution in [2.75, 3.05) is 6.54 Å². The SMILES string of the molecule is CCc1nc(CC)n(-c2ccc(CNCC(C)C)nn2)n1. The Morgan fingerprint density at radius 3 is 2.52 bits per heavy atom. The quantitative estimate of drug-likeness (QED) is 0.843. The summed E-state index contributed by atoms with van der Waals surface area (Å²) in [5.41, 5.74) is 0.938. The second kappa shape index (κ2) is 7.26. The lowest BCUT2D eigenvalue weighted by atomic mass is 10.2. The number of rotatable bonds is 7. The van der Waals surface area contributed by atoms with Gasteiger partial charge in [0.25, 0.3) is 0 Å². The molecule has 0 aliphatic heterocycles. The van der Waals surface area contributed by atoms with E-state index < -0.39 is 0 Å². The normalized spacial score (nSPS) is 11.3. The van der Waals surface area contributed by atoms with Crippen LogP contribution in [0.25, 0.3) is 5.82 Å². The summed E-state index contributed by atoms with van der Waals surface area (Å²) in [5.74, 6) is 3.13. The fourth-order valence-corrected chi connectivity index (χ4v) is 2.00. The minimum Gasteiger partial charge on any atom is -0.311 e. The van der Waals surface area contributed by atoms with E-state index in [-0.39, 0.29) is 0 Å². The van der Waals surface area contributed by atoms with Gasteiger partial charge < -0.3 is 5.32 Å². The van der Waals surface area contributed by atoms with Crippen molar-refractivity contribution in [2.24, 2.45) is 5.92 Å². The van der Waals surface area contributed by atoms with Gasteiger partial charge in [0.2, 0.25) is 0 Å². The Morgan fingerprint density at radius 2 is 1.95 bits per heavy atom. The van der Waals surface area contributed by atoms with E-state index in [9.17, 15) is 0 Å². The molecule has 2 aromatic rings. The summed E-state index contributed by atoms with van der Waals surface area (Å²) in [6, 6.07) is 3.94. The third-order valence-corrected chi connectivity index (χ3v) is 3.13. The molecule has 2 heterocycles. The van der Waals surface area contributed by atoms with Crippen molar-refractivity contribution in [3.8, 4) is 5.82 Å². The molecule has 0 amide bonds. The van der Waals surface area contributed by atoms with Crippen LogP contribution >= 0.6 is 0 Å². The zero-order chi connectivity index (χ0) is 15.2. The Labute approximate surface area is 126 Å². The maximum absolute atomic E-state index is 4.49. The fourth-order valence-electron chi connectivity index (χ4n) is 2.00. The molecule has 2 rings (SSSR count). The van der Waals surface area contributed by atoms with Crippen molar-refractivity contribution in [3.63, 3.8) is 0 Å². The maximum Gasteiger partial charge on any atom is 0.177 e. The number of nitrogens with one attached hydrogen (secondary N) is 1. The van der Waals surface area contributed by atoms with E-state index in [0.29, 0.717) is 5.92 Å². The van der Waals surface area contributed by atoms with Gasteiger partial charge in [0.15, 0.2) is 11.6 Å². The lowest BCUT2D eigenvalue weighted by Gasteiger charge is -2.07. The van der Waals surface area contributed by atoms with E-state index in [1.54, 1.807) is 4.68 Å². The number of hydrogen-bond acceptors (Lipinski definition) is 5. The Balaban J connectivity index is 2.09. The molecule has 0 saturated carbocycles. The van der Waals surface area contributed by atoms with Gasteiger partial charge in [-0.3, -0.25) is 0 Å². The van der Waals surface area contributed by atoms with Crippen LogP contribution in [-0.2, 0) is 19.4 Å². The van der Waals surface area contributed by atoms with Crippen LogP contribution < -0.4 is 5.32 Å². The smallest absolute Gasteiger partial charge is 0.177 e. The third-order valence-electron chi connectivity index (χ3n) is 3.13. The van der Waals surface area contributed by atoms with E-state index in [1.165, 1.54) is 0 Å². The van der Waals surface area contributed by atoms with Gasteiger partial charge in [0.05, 0.1) is 5.69 Å². The molecule has 0 aliphatic rings. The summed E-state index contributed by atoms with van der Waals surface area (Å²) >= 11 is 0. The predicted molar refractivity (Wildman–Crippen MR) is 82.2 cm³/mol. The van der Waals surface area contributed by atoms with Crippen LogP contribution in [0.3, 0.4) is 0 Å². The molecule has 6 nitrogen and oxygen atoms in total. The highest BCUT2D eigenvalue weighted by molar-refractivity contribution is 5.22. The van der Waals surface area contributed by atoms with Crippen LogP contribution in [0.15, 0.2) is 12.1 Å². The summed E-state index contributed by atoms with van der Waals surface area (Å²) in [6.45, 7) is 10.2.